The molecule has 0 bridgehead atoms. The van der Waals surface area contributed by atoms with Gasteiger partial charge in [-0.05, 0) is 31.6 Å². The van der Waals surface area contributed by atoms with E-state index in [9.17, 15) is 4.79 Å². The van der Waals surface area contributed by atoms with Crippen LogP contribution >= 0.6 is 0 Å². The van der Waals surface area contributed by atoms with Crippen LogP contribution in [0, 0.1) is 5.92 Å². The molecule has 0 unspecified atom stereocenters. The van der Waals surface area contributed by atoms with Crippen LogP contribution in [0.25, 0.3) is 0 Å². The lowest BCUT2D eigenvalue weighted by Gasteiger charge is -2.42. The normalized spacial score (nSPS) is 25.8. The van der Waals surface area contributed by atoms with Crippen molar-refractivity contribution in [3.05, 3.63) is 0 Å². The van der Waals surface area contributed by atoms with Crippen molar-refractivity contribution in [2.45, 2.75) is 50.7 Å². The molecule has 92 valence electrons. The van der Waals surface area contributed by atoms with Gasteiger partial charge >= 0.3 is 5.97 Å². The Balaban J connectivity index is 1.75. The monoisotopic (exact) mass is 228 g/mol. The molecule has 0 aromatic rings. The summed E-state index contributed by atoms with van der Waals surface area (Å²) in [4.78, 5) is 10.5. The summed E-state index contributed by atoms with van der Waals surface area (Å²) in [7, 11) is 0. The minimum atomic E-state index is -0.689. The van der Waals surface area contributed by atoms with Crippen molar-refractivity contribution in [2.24, 2.45) is 5.92 Å². The molecule has 1 saturated carbocycles. The second kappa shape index (κ2) is 5.15. The van der Waals surface area contributed by atoms with Crippen molar-refractivity contribution in [1.29, 1.82) is 0 Å². The molecule has 1 aliphatic carbocycles. The van der Waals surface area contributed by atoms with Gasteiger partial charge in [-0.25, -0.2) is 0 Å². The van der Waals surface area contributed by atoms with Crippen LogP contribution in [-0.2, 0) is 14.3 Å². The van der Waals surface area contributed by atoms with Crippen LogP contribution in [0.1, 0.15) is 44.9 Å². The summed E-state index contributed by atoms with van der Waals surface area (Å²) >= 11 is 0. The van der Waals surface area contributed by atoms with Gasteiger partial charge in [-0.2, -0.15) is 0 Å². The molecule has 0 amide bonds. The molecule has 1 N–H and O–H groups in total. The molecule has 0 aromatic carbocycles. The molecule has 4 nitrogen and oxygen atoms in total. The summed E-state index contributed by atoms with van der Waals surface area (Å²) in [6.45, 7) is 1.61. The van der Waals surface area contributed by atoms with E-state index < -0.39 is 5.97 Å². The van der Waals surface area contributed by atoms with Crippen molar-refractivity contribution in [2.75, 3.05) is 13.2 Å². The second-order valence-corrected chi connectivity index (χ2v) is 4.84. The van der Waals surface area contributed by atoms with Gasteiger partial charge in [-0.3, -0.25) is 4.79 Å². The third kappa shape index (κ3) is 2.95. The van der Waals surface area contributed by atoms with Crippen LogP contribution in [-0.4, -0.2) is 30.1 Å². The quantitative estimate of drug-likeness (QED) is 0.804. The zero-order valence-corrected chi connectivity index (χ0v) is 9.61. The van der Waals surface area contributed by atoms with E-state index in [1.54, 1.807) is 0 Å². The van der Waals surface area contributed by atoms with Gasteiger partial charge in [0.25, 0.3) is 0 Å². The summed E-state index contributed by atoms with van der Waals surface area (Å²) in [6.07, 6.45) is 6.00. The maximum Gasteiger partial charge on any atom is 0.303 e. The van der Waals surface area contributed by atoms with Gasteiger partial charge in [0.2, 0.25) is 0 Å². The number of rotatable bonds is 3. The molecule has 1 heterocycles. The Hall–Kier alpha value is -0.610. The lowest BCUT2D eigenvalue weighted by Crippen LogP contribution is -2.43. The lowest BCUT2D eigenvalue weighted by atomic mass is 9.82. The topological polar surface area (TPSA) is 55.8 Å². The fourth-order valence-electron chi connectivity index (χ4n) is 2.64. The Morgan fingerprint density at radius 3 is 2.44 bits per heavy atom. The van der Waals surface area contributed by atoms with Gasteiger partial charge < -0.3 is 14.6 Å². The van der Waals surface area contributed by atoms with E-state index in [0.29, 0.717) is 12.3 Å². The van der Waals surface area contributed by atoms with Gasteiger partial charge in [-0.1, -0.05) is 0 Å². The Morgan fingerprint density at radius 2 is 1.88 bits per heavy atom. The molecule has 16 heavy (non-hydrogen) atoms. The van der Waals surface area contributed by atoms with Gasteiger partial charge in [0.05, 0.1) is 13.2 Å². The van der Waals surface area contributed by atoms with E-state index in [0.717, 1.165) is 51.7 Å². The Bertz CT molecular complexity index is 235. The molecule has 2 fully saturated rings. The predicted molar refractivity (Wildman–Crippen MR) is 58.1 cm³/mol. The van der Waals surface area contributed by atoms with E-state index >= 15 is 0 Å². The highest BCUT2D eigenvalue weighted by Gasteiger charge is 2.38. The molecule has 2 aliphatic rings. The largest absolute Gasteiger partial charge is 0.481 e. The summed E-state index contributed by atoms with van der Waals surface area (Å²) < 4.78 is 11.5. The summed E-state index contributed by atoms with van der Waals surface area (Å²) in [5, 5.41) is 8.64. The molecule has 4 heteroatoms. The summed E-state index contributed by atoms with van der Waals surface area (Å²) in [5.41, 5.74) is 0. The third-order valence-electron chi connectivity index (χ3n) is 3.65. The predicted octanol–water partition coefficient (Wildman–Crippen LogP) is 2.17. The summed E-state index contributed by atoms with van der Waals surface area (Å²) in [5.74, 6) is -0.473. The average Bonchev–Trinajstić information content (AvgIpc) is 2.29. The van der Waals surface area contributed by atoms with E-state index in [2.05, 4.69) is 0 Å². The number of aliphatic carboxylic acids is 1. The highest BCUT2D eigenvalue weighted by molar-refractivity contribution is 5.66. The fraction of sp³-hybridized carbons (Fsp3) is 0.917. The van der Waals surface area contributed by atoms with Gasteiger partial charge in [0.15, 0.2) is 5.79 Å². The van der Waals surface area contributed by atoms with Crippen molar-refractivity contribution >= 4 is 5.97 Å². The van der Waals surface area contributed by atoms with Crippen LogP contribution in [0.4, 0.5) is 0 Å². The number of hydrogen-bond acceptors (Lipinski definition) is 3. The van der Waals surface area contributed by atoms with Gasteiger partial charge in [0, 0.05) is 19.3 Å². The molecule has 1 saturated heterocycles. The Labute approximate surface area is 95.9 Å². The number of hydrogen-bond donors (Lipinski definition) is 1. The zero-order chi connectivity index (χ0) is 11.4. The minimum Gasteiger partial charge on any atom is -0.481 e. The minimum absolute atomic E-state index is 0.291. The molecule has 2 rings (SSSR count). The first-order valence-corrected chi connectivity index (χ1v) is 6.20. The second-order valence-electron chi connectivity index (χ2n) is 4.84. The lowest BCUT2D eigenvalue weighted by molar-refractivity contribution is -0.283. The zero-order valence-electron chi connectivity index (χ0n) is 9.61. The molecule has 0 aromatic heterocycles. The average molecular weight is 228 g/mol. The molecule has 0 radical (unpaired) electrons. The molecular formula is C12H20O4. The standard InChI is InChI=1S/C12H20O4/c13-11(14)3-2-10-4-6-12(7-5-10)15-8-1-9-16-12/h10H,1-9H2,(H,13,14). The molecule has 1 aliphatic heterocycles. The van der Waals surface area contributed by atoms with Crippen LogP contribution in [0.3, 0.4) is 0 Å². The first-order valence-electron chi connectivity index (χ1n) is 6.20. The van der Waals surface area contributed by atoms with Crippen LogP contribution in [0.15, 0.2) is 0 Å². The highest BCUT2D eigenvalue weighted by Crippen LogP contribution is 2.39. The first kappa shape index (κ1) is 11.9. The Morgan fingerprint density at radius 1 is 1.25 bits per heavy atom. The number of carboxylic acid groups (broad SMARTS) is 1. The number of ether oxygens (including phenoxy) is 2. The fourth-order valence-corrected chi connectivity index (χ4v) is 2.64. The molecule has 1 spiro atoms. The van der Waals surface area contributed by atoms with E-state index in [4.69, 9.17) is 14.6 Å². The molecular weight excluding hydrogens is 208 g/mol. The SMILES string of the molecule is O=C(O)CCC1CCC2(CC1)OCCCO2. The molecule has 0 atom stereocenters. The van der Waals surface area contributed by atoms with E-state index in [1.807, 2.05) is 0 Å². The van der Waals surface area contributed by atoms with Crippen LogP contribution in [0.2, 0.25) is 0 Å². The number of carboxylic acids is 1. The first-order chi connectivity index (χ1) is 7.70. The van der Waals surface area contributed by atoms with E-state index in [-0.39, 0.29) is 5.79 Å². The van der Waals surface area contributed by atoms with Crippen LogP contribution < -0.4 is 0 Å². The maximum absolute atomic E-state index is 10.5. The van der Waals surface area contributed by atoms with Crippen LogP contribution in [0.5, 0.6) is 0 Å². The van der Waals surface area contributed by atoms with Gasteiger partial charge in [-0.15, -0.1) is 0 Å². The number of carbonyl (C=O) groups is 1. The van der Waals surface area contributed by atoms with Crippen molar-refractivity contribution in [1.82, 2.24) is 0 Å². The highest BCUT2D eigenvalue weighted by atomic mass is 16.7. The van der Waals surface area contributed by atoms with Gasteiger partial charge in [0.1, 0.15) is 0 Å². The van der Waals surface area contributed by atoms with Crippen molar-refractivity contribution in [3.63, 3.8) is 0 Å². The smallest absolute Gasteiger partial charge is 0.303 e. The van der Waals surface area contributed by atoms with Crippen molar-refractivity contribution < 1.29 is 19.4 Å². The van der Waals surface area contributed by atoms with Crippen molar-refractivity contribution in [3.8, 4) is 0 Å². The summed E-state index contributed by atoms with van der Waals surface area (Å²) in [6, 6.07) is 0. The maximum atomic E-state index is 10.5. The third-order valence-corrected chi connectivity index (χ3v) is 3.65. The van der Waals surface area contributed by atoms with E-state index in [1.165, 1.54) is 0 Å². The Kier molecular flexibility index (Phi) is 3.82.